The number of aliphatic hydroxyl groups is 1. The first-order chi connectivity index (χ1) is 10.3. The topological polar surface area (TPSA) is 65.9 Å². The molecule has 0 spiro atoms. The van der Waals surface area contributed by atoms with E-state index in [1.54, 1.807) is 0 Å². The minimum Gasteiger partial charge on any atom is -0.396 e. The molecule has 0 aromatic heterocycles. The van der Waals surface area contributed by atoms with E-state index in [1.165, 1.54) is 5.56 Å². The zero-order chi connectivity index (χ0) is 15.3. The lowest BCUT2D eigenvalue weighted by molar-refractivity contribution is 0.125. The van der Waals surface area contributed by atoms with Gasteiger partial charge in [0, 0.05) is 26.2 Å². The Hall–Kier alpha value is -1.59. The quantitative estimate of drug-likeness (QED) is 0.366. The van der Waals surface area contributed by atoms with Crippen LogP contribution in [0.15, 0.2) is 35.3 Å². The lowest BCUT2D eigenvalue weighted by Gasteiger charge is -2.12. The van der Waals surface area contributed by atoms with E-state index in [4.69, 9.17) is 9.84 Å². The number of aliphatic imine (C=N–C) groups is 1. The van der Waals surface area contributed by atoms with E-state index >= 15 is 0 Å². The van der Waals surface area contributed by atoms with Gasteiger partial charge >= 0.3 is 0 Å². The average molecular weight is 293 g/mol. The van der Waals surface area contributed by atoms with E-state index in [1.807, 2.05) is 32.0 Å². The van der Waals surface area contributed by atoms with Gasteiger partial charge in [-0.1, -0.05) is 37.3 Å². The standard InChI is InChI=1S/C16H27N3O2/c1-3-17-16(19-11-14(2)12-20)18-9-10-21-13-15-7-5-4-6-8-15/h4-8,14,20H,3,9-13H2,1-2H3,(H2,17,18,19). The molecule has 0 amide bonds. The van der Waals surface area contributed by atoms with Crippen molar-refractivity contribution in [1.82, 2.24) is 10.6 Å². The van der Waals surface area contributed by atoms with E-state index in [0.29, 0.717) is 26.3 Å². The number of hydrogen-bond donors (Lipinski definition) is 3. The van der Waals surface area contributed by atoms with Crippen molar-refractivity contribution < 1.29 is 9.84 Å². The number of rotatable bonds is 9. The monoisotopic (exact) mass is 293 g/mol. The fraction of sp³-hybridized carbons (Fsp3) is 0.562. The lowest BCUT2D eigenvalue weighted by atomic mass is 10.2. The van der Waals surface area contributed by atoms with Crippen molar-refractivity contribution >= 4 is 5.96 Å². The zero-order valence-corrected chi connectivity index (χ0v) is 13.0. The maximum Gasteiger partial charge on any atom is 0.191 e. The Balaban J connectivity index is 2.21. The molecule has 1 rings (SSSR count). The van der Waals surface area contributed by atoms with E-state index in [9.17, 15) is 0 Å². The second kappa shape index (κ2) is 11.1. The molecule has 3 N–H and O–H groups in total. The van der Waals surface area contributed by atoms with Crippen molar-refractivity contribution in [2.75, 3.05) is 32.8 Å². The third-order valence-electron chi connectivity index (χ3n) is 2.87. The summed E-state index contributed by atoms with van der Waals surface area (Å²) in [5.74, 6) is 0.941. The SMILES string of the molecule is CCNC(=NCC(C)CO)NCCOCc1ccccc1. The molecule has 1 unspecified atom stereocenters. The molecule has 0 fully saturated rings. The summed E-state index contributed by atoms with van der Waals surface area (Å²) in [5.41, 5.74) is 1.18. The molecule has 0 aliphatic carbocycles. The smallest absolute Gasteiger partial charge is 0.191 e. The van der Waals surface area contributed by atoms with Gasteiger partial charge in [-0.05, 0) is 18.4 Å². The molecule has 0 aliphatic heterocycles. The number of ether oxygens (including phenoxy) is 1. The van der Waals surface area contributed by atoms with E-state index < -0.39 is 0 Å². The Kier molecular flexibility index (Phi) is 9.24. The van der Waals surface area contributed by atoms with Gasteiger partial charge in [-0.15, -0.1) is 0 Å². The van der Waals surface area contributed by atoms with Crippen molar-refractivity contribution in [2.45, 2.75) is 20.5 Å². The average Bonchev–Trinajstić information content (AvgIpc) is 2.52. The van der Waals surface area contributed by atoms with Gasteiger partial charge in [0.1, 0.15) is 0 Å². The maximum atomic E-state index is 9.00. The van der Waals surface area contributed by atoms with Crippen LogP contribution in [-0.4, -0.2) is 43.9 Å². The summed E-state index contributed by atoms with van der Waals surface area (Å²) in [4.78, 5) is 4.42. The minimum atomic E-state index is 0.156. The van der Waals surface area contributed by atoms with Crippen LogP contribution in [0.4, 0.5) is 0 Å². The molecule has 5 nitrogen and oxygen atoms in total. The van der Waals surface area contributed by atoms with Crippen LogP contribution in [0.25, 0.3) is 0 Å². The number of nitrogens with zero attached hydrogens (tertiary/aromatic N) is 1. The van der Waals surface area contributed by atoms with Gasteiger partial charge in [0.05, 0.1) is 13.2 Å². The fourth-order valence-corrected chi connectivity index (χ4v) is 1.65. The van der Waals surface area contributed by atoms with E-state index in [2.05, 4.69) is 27.8 Å². The fourth-order valence-electron chi connectivity index (χ4n) is 1.65. The molecule has 0 heterocycles. The number of guanidine groups is 1. The molecule has 5 heteroatoms. The van der Waals surface area contributed by atoms with Crippen molar-refractivity contribution in [3.63, 3.8) is 0 Å². The third kappa shape index (κ3) is 8.32. The largest absolute Gasteiger partial charge is 0.396 e. The zero-order valence-electron chi connectivity index (χ0n) is 13.0. The second-order valence-electron chi connectivity index (χ2n) is 4.97. The molecule has 1 aromatic carbocycles. The number of hydrogen-bond acceptors (Lipinski definition) is 3. The minimum absolute atomic E-state index is 0.156. The summed E-state index contributed by atoms with van der Waals surface area (Å²) < 4.78 is 5.61. The molecule has 21 heavy (non-hydrogen) atoms. The predicted molar refractivity (Wildman–Crippen MR) is 86.3 cm³/mol. The van der Waals surface area contributed by atoms with Gasteiger partial charge in [0.15, 0.2) is 5.96 Å². The van der Waals surface area contributed by atoms with Crippen LogP contribution < -0.4 is 10.6 Å². The predicted octanol–water partition coefficient (Wildman–Crippen LogP) is 1.39. The van der Waals surface area contributed by atoms with Crippen LogP contribution in [-0.2, 0) is 11.3 Å². The first kappa shape index (κ1) is 17.5. The van der Waals surface area contributed by atoms with Gasteiger partial charge in [0.25, 0.3) is 0 Å². The molecule has 1 atom stereocenters. The molecular formula is C16H27N3O2. The Labute approximate surface area is 127 Å². The highest BCUT2D eigenvalue weighted by atomic mass is 16.5. The first-order valence-corrected chi connectivity index (χ1v) is 7.51. The first-order valence-electron chi connectivity index (χ1n) is 7.51. The number of benzene rings is 1. The van der Waals surface area contributed by atoms with Gasteiger partial charge < -0.3 is 20.5 Å². The Morgan fingerprint density at radius 3 is 2.71 bits per heavy atom. The third-order valence-corrected chi connectivity index (χ3v) is 2.87. The van der Waals surface area contributed by atoms with Crippen molar-refractivity contribution in [2.24, 2.45) is 10.9 Å². The van der Waals surface area contributed by atoms with Crippen LogP contribution in [0.1, 0.15) is 19.4 Å². The normalized spacial score (nSPS) is 13.0. The number of aliphatic hydroxyl groups excluding tert-OH is 1. The van der Waals surface area contributed by atoms with Crippen LogP contribution in [0.3, 0.4) is 0 Å². The van der Waals surface area contributed by atoms with Gasteiger partial charge in [-0.2, -0.15) is 0 Å². The molecule has 0 bridgehead atoms. The second-order valence-corrected chi connectivity index (χ2v) is 4.97. The van der Waals surface area contributed by atoms with Crippen LogP contribution >= 0.6 is 0 Å². The summed E-state index contributed by atoms with van der Waals surface area (Å²) in [6.07, 6.45) is 0. The molecule has 118 valence electrons. The molecule has 0 saturated heterocycles. The molecular weight excluding hydrogens is 266 g/mol. The van der Waals surface area contributed by atoms with E-state index in [-0.39, 0.29) is 12.5 Å². The molecule has 0 radical (unpaired) electrons. The van der Waals surface area contributed by atoms with Gasteiger partial charge in [0.2, 0.25) is 0 Å². The molecule has 1 aromatic rings. The van der Waals surface area contributed by atoms with Crippen molar-refractivity contribution in [3.8, 4) is 0 Å². The number of nitrogens with one attached hydrogen (secondary N) is 2. The summed E-state index contributed by atoms with van der Waals surface area (Å²) in [6, 6.07) is 10.1. The highest BCUT2D eigenvalue weighted by Gasteiger charge is 2.01. The summed E-state index contributed by atoms with van der Waals surface area (Å²) in [5, 5.41) is 15.4. The summed E-state index contributed by atoms with van der Waals surface area (Å²) in [6.45, 7) is 7.51. The van der Waals surface area contributed by atoms with Crippen LogP contribution in [0.5, 0.6) is 0 Å². The Morgan fingerprint density at radius 2 is 2.05 bits per heavy atom. The Bertz CT molecular complexity index is 396. The van der Waals surface area contributed by atoms with Gasteiger partial charge in [-0.3, -0.25) is 4.99 Å². The maximum absolute atomic E-state index is 9.00. The highest BCUT2D eigenvalue weighted by Crippen LogP contribution is 1.99. The van der Waals surface area contributed by atoms with Crippen LogP contribution in [0.2, 0.25) is 0 Å². The van der Waals surface area contributed by atoms with Crippen LogP contribution in [0, 0.1) is 5.92 Å². The molecule has 0 saturated carbocycles. The van der Waals surface area contributed by atoms with Gasteiger partial charge in [-0.25, -0.2) is 0 Å². The summed E-state index contributed by atoms with van der Waals surface area (Å²) >= 11 is 0. The summed E-state index contributed by atoms with van der Waals surface area (Å²) in [7, 11) is 0. The highest BCUT2D eigenvalue weighted by molar-refractivity contribution is 5.79. The molecule has 0 aliphatic rings. The van der Waals surface area contributed by atoms with Crippen molar-refractivity contribution in [1.29, 1.82) is 0 Å². The lowest BCUT2D eigenvalue weighted by Crippen LogP contribution is -2.39. The van der Waals surface area contributed by atoms with Crippen molar-refractivity contribution in [3.05, 3.63) is 35.9 Å². The van der Waals surface area contributed by atoms with E-state index in [0.717, 1.165) is 12.5 Å². The Morgan fingerprint density at radius 1 is 1.29 bits per heavy atom.